The van der Waals surface area contributed by atoms with E-state index in [0.29, 0.717) is 6.42 Å². The maximum absolute atomic E-state index is 10.7. The molecule has 0 aliphatic rings. The third-order valence-corrected chi connectivity index (χ3v) is 3.20. The Labute approximate surface area is 109 Å². The summed E-state index contributed by atoms with van der Waals surface area (Å²) in [5.74, 6) is -1.64. The molecule has 0 spiro atoms. The number of carbonyl (C=O) groups is 2. The van der Waals surface area contributed by atoms with Crippen LogP contribution < -0.4 is 0 Å². The van der Waals surface area contributed by atoms with Crippen molar-refractivity contribution in [2.75, 3.05) is 0 Å². The second-order valence-corrected chi connectivity index (χ2v) is 4.95. The second-order valence-electron chi connectivity index (χ2n) is 4.95. The molecule has 1 atom stereocenters. The lowest BCUT2D eigenvalue weighted by Crippen LogP contribution is -2.10. The van der Waals surface area contributed by atoms with Crippen molar-refractivity contribution in [2.24, 2.45) is 5.92 Å². The minimum absolute atomic E-state index is 0.0183. The maximum atomic E-state index is 10.7. The predicted molar refractivity (Wildman–Crippen MR) is 70.6 cm³/mol. The van der Waals surface area contributed by atoms with Crippen molar-refractivity contribution in [3.8, 4) is 0 Å². The quantitative estimate of drug-likeness (QED) is 0.523. The van der Waals surface area contributed by atoms with E-state index in [1.807, 2.05) is 0 Å². The number of carboxylic acid groups (broad SMARTS) is 2. The standard InChI is InChI=1S/C14H26O4/c1-2-3-4-5-6-7-8-12(11-14(17)18)9-10-13(15)16/h12H,2-11H2,1H3,(H,15,16)(H,17,18). The van der Waals surface area contributed by atoms with Crippen LogP contribution in [0.3, 0.4) is 0 Å². The Bertz CT molecular complexity index is 238. The van der Waals surface area contributed by atoms with E-state index in [2.05, 4.69) is 6.92 Å². The predicted octanol–water partition coefficient (Wildman–Crippen LogP) is 3.69. The summed E-state index contributed by atoms with van der Waals surface area (Å²) >= 11 is 0. The van der Waals surface area contributed by atoms with Crippen molar-refractivity contribution >= 4 is 11.9 Å². The van der Waals surface area contributed by atoms with Crippen molar-refractivity contribution in [2.45, 2.75) is 71.1 Å². The number of rotatable bonds is 12. The van der Waals surface area contributed by atoms with Gasteiger partial charge in [-0.1, -0.05) is 45.4 Å². The first kappa shape index (κ1) is 16.9. The van der Waals surface area contributed by atoms with Crippen LogP contribution in [0.1, 0.15) is 71.1 Å². The highest BCUT2D eigenvalue weighted by Gasteiger charge is 2.14. The molecule has 0 aliphatic carbocycles. The van der Waals surface area contributed by atoms with Crippen LogP contribution in [0.15, 0.2) is 0 Å². The van der Waals surface area contributed by atoms with Crippen molar-refractivity contribution in [1.82, 2.24) is 0 Å². The molecule has 0 heterocycles. The molecule has 0 aliphatic heterocycles. The second kappa shape index (κ2) is 11.1. The van der Waals surface area contributed by atoms with Gasteiger partial charge in [0.15, 0.2) is 0 Å². The summed E-state index contributed by atoms with van der Waals surface area (Å²) in [6.07, 6.45) is 8.57. The van der Waals surface area contributed by atoms with Gasteiger partial charge in [-0.05, 0) is 18.8 Å². The third-order valence-electron chi connectivity index (χ3n) is 3.20. The molecule has 0 aromatic heterocycles. The van der Waals surface area contributed by atoms with Gasteiger partial charge in [0.2, 0.25) is 0 Å². The highest BCUT2D eigenvalue weighted by atomic mass is 16.4. The molecule has 1 unspecified atom stereocenters. The van der Waals surface area contributed by atoms with Crippen molar-refractivity contribution in [3.05, 3.63) is 0 Å². The topological polar surface area (TPSA) is 74.6 Å². The third kappa shape index (κ3) is 11.4. The van der Waals surface area contributed by atoms with E-state index in [1.54, 1.807) is 0 Å². The Balaban J connectivity index is 3.71. The molecule has 0 aromatic rings. The minimum Gasteiger partial charge on any atom is -0.481 e. The van der Waals surface area contributed by atoms with E-state index in [4.69, 9.17) is 10.2 Å². The molecule has 0 fully saturated rings. The Morgan fingerprint density at radius 2 is 1.50 bits per heavy atom. The molecular formula is C14H26O4. The van der Waals surface area contributed by atoms with Gasteiger partial charge in [0.05, 0.1) is 0 Å². The molecule has 0 saturated heterocycles. The van der Waals surface area contributed by atoms with Crippen LogP contribution in [0.4, 0.5) is 0 Å². The molecule has 106 valence electrons. The van der Waals surface area contributed by atoms with Gasteiger partial charge in [-0.3, -0.25) is 9.59 Å². The lowest BCUT2D eigenvalue weighted by Gasteiger charge is -2.13. The van der Waals surface area contributed by atoms with Crippen molar-refractivity contribution < 1.29 is 19.8 Å². The fraction of sp³-hybridized carbons (Fsp3) is 0.857. The molecule has 18 heavy (non-hydrogen) atoms. The highest BCUT2D eigenvalue weighted by Crippen LogP contribution is 2.20. The van der Waals surface area contributed by atoms with E-state index < -0.39 is 11.9 Å². The van der Waals surface area contributed by atoms with Gasteiger partial charge in [0.1, 0.15) is 0 Å². The molecule has 4 heteroatoms. The largest absolute Gasteiger partial charge is 0.481 e. The van der Waals surface area contributed by atoms with Gasteiger partial charge < -0.3 is 10.2 Å². The summed E-state index contributed by atoms with van der Waals surface area (Å²) in [7, 11) is 0. The first-order chi connectivity index (χ1) is 8.56. The smallest absolute Gasteiger partial charge is 0.303 e. The summed E-state index contributed by atoms with van der Waals surface area (Å²) in [5, 5.41) is 17.4. The van der Waals surface area contributed by atoms with E-state index in [9.17, 15) is 9.59 Å². The molecule has 0 bridgehead atoms. The molecule has 0 amide bonds. The van der Waals surface area contributed by atoms with Gasteiger partial charge in [-0.25, -0.2) is 0 Å². The Kier molecular flexibility index (Phi) is 10.4. The first-order valence-electron chi connectivity index (χ1n) is 6.99. The fourth-order valence-electron chi connectivity index (χ4n) is 2.14. The molecule has 0 aromatic carbocycles. The van der Waals surface area contributed by atoms with Gasteiger partial charge in [0.25, 0.3) is 0 Å². The van der Waals surface area contributed by atoms with Crippen LogP contribution in [-0.4, -0.2) is 22.2 Å². The number of hydrogen-bond donors (Lipinski definition) is 2. The SMILES string of the molecule is CCCCCCCCC(CCC(=O)O)CC(=O)O. The zero-order chi connectivity index (χ0) is 13.8. The van der Waals surface area contributed by atoms with Crippen molar-refractivity contribution in [3.63, 3.8) is 0 Å². The summed E-state index contributed by atoms with van der Waals surface area (Å²) in [4.78, 5) is 21.2. The van der Waals surface area contributed by atoms with Crippen LogP contribution in [0.2, 0.25) is 0 Å². The molecule has 2 N–H and O–H groups in total. The molecular weight excluding hydrogens is 232 g/mol. The number of carboxylic acids is 2. The number of unbranched alkanes of at least 4 members (excludes halogenated alkanes) is 5. The lowest BCUT2D eigenvalue weighted by atomic mass is 9.93. The normalized spacial score (nSPS) is 12.3. The summed E-state index contributed by atoms with van der Waals surface area (Å²) < 4.78 is 0. The van der Waals surface area contributed by atoms with Crippen LogP contribution >= 0.6 is 0 Å². The first-order valence-corrected chi connectivity index (χ1v) is 6.99. The van der Waals surface area contributed by atoms with Crippen LogP contribution in [0.25, 0.3) is 0 Å². The summed E-state index contributed by atoms with van der Waals surface area (Å²) in [6, 6.07) is 0. The maximum Gasteiger partial charge on any atom is 0.303 e. The van der Waals surface area contributed by atoms with Gasteiger partial charge in [-0.2, -0.15) is 0 Å². The molecule has 4 nitrogen and oxygen atoms in total. The monoisotopic (exact) mass is 258 g/mol. The van der Waals surface area contributed by atoms with E-state index in [-0.39, 0.29) is 18.8 Å². The lowest BCUT2D eigenvalue weighted by molar-refractivity contribution is -0.140. The number of aliphatic carboxylic acids is 2. The molecule has 0 rings (SSSR count). The van der Waals surface area contributed by atoms with Gasteiger partial charge in [0, 0.05) is 12.8 Å². The summed E-state index contributed by atoms with van der Waals surface area (Å²) in [5.41, 5.74) is 0. The van der Waals surface area contributed by atoms with E-state index >= 15 is 0 Å². The Morgan fingerprint density at radius 1 is 0.889 bits per heavy atom. The fourth-order valence-corrected chi connectivity index (χ4v) is 2.14. The average molecular weight is 258 g/mol. The van der Waals surface area contributed by atoms with Crippen LogP contribution in [0, 0.1) is 5.92 Å². The average Bonchev–Trinajstić information content (AvgIpc) is 2.29. The molecule has 0 radical (unpaired) electrons. The molecule has 0 saturated carbocycles. The van der Waals surface area contributed by atoms with Gasteiger partial charge >= 0.3 is 11.9 Å². The zero-order valence-electron chi connectivity index (χ0n) is 11.4. The van der Waals surface area contributed by atoms with Crippen LogP contribution in [0.5, 0.6) is 0 Å². The van der Waals surface area contributed by atoms with Crippen LogP contribution in [-0.2, 0) is 9.59 Å². The zero-order valence-corrected chi connectivity index (χ0v) is 11.4. The van der Waals surface area contributed by atoms with E-state index in [0.717, 1.165) is 19.3 Å². The Morgan fingerprint density at radius 3 is 2.06 bits per heavy atom. The van der Waals surface area contributed by atoms with Crippen molar-refractivity contribution in [1.29, 1.82) is 0 Å². The number of hydrogen-bond acceptors (Lipinski definition) is 2. The van der Waals surface area contributed by atoms with Gasteiger partial charge in [-0.15, -0.1) is 0 Å². The van der Waals surface area contributed by atoms with E-state index in [1.165, 1.54) is 25.7 Å². The minimum atomic E-state index is -0.840. The highest BCUT2D eigenvalue weighted by molar-refractivity contribution is 5.68. The summed E-state index contributed by atoms with van der Waals surface area (Å²) in [6.45, 7) is 2.18. The Hall–Kier alpha value is -1.06.